The first-order valence-corrected chi connectivity index (χ1v) is 16.9. The molecule has 0 fully saturated rings. The highest BCUT2D eigenvalue weighted by Gasteiger charge is 2.10. The van der Waals surface area contributed by atoms with Crippen molar-refractivity contribution < 1.29 is 29.6 Å². The van der Waals surface area contributed by atoms with Crippen LogP contribution in [0.4, 0.5) is 32.8 Å². The van der Waals surface area contributed by atoms with Crippen LogP contribution in [0.2, 0.25) is 0 Å². The van der Waals surface area contributed by atoms with E-state index in [-0.39, 0.29) is 47.7 Å². The Balaban J connectivity index is -0.000000633. The second-order valence-electron chi connectivity index (χ2n) is 11.5. The minimum Gasteiger partial charge on any atom is -0.399 e. The van der Waals surface area contributed by atoms with Gasteiger partial charge in [0.05, 0.1) is 9.85 Å². The summed E-state index contributed by atoms with van der Waals surface area (Å²) in [5.41, 5.74) is 16.0. The van der Waals surface area contributed by atoms with Gasteiger partial charge in [0.25, 0.3) is 11.4 Å². The molecule has 0 radical (unpaired) electrons. The van der Waals surface area contributed by atoms with Crippen molar-refractivity contribution in [2.45, 2.75) is 78.6 Å². The molecule has 0 aromatic heterocycles. The molecule has 0 atom stereocenters. The Kier molecular flexibility index (Phi) is 33.4. The van der Waals surface area contributed by atoms with Gasteiger partial charge in [0.2, 0.25) is 0 Å². The van der Waals surface area contributed by atoms with E-state index in [1.165, 1.54) is 13.0 Å². The molecule has 0 spiro atoms. The Morgan fingerprint density at radius 2 is 1.02 bits per heavy atom. The number of aryl methyl sites for hydroxylation is 3. The van der Waals surface area contributed by atoms with Crippen molar-refractivity contribution in [2.24, 2.45) is 5.73 Å². The van der Waals surface area contributed by atoms with Crippen LogP contribution in [0.15, 0.2) is 54.6 Å². The molecule has 0 amide bonds. The van der Waals surface area contributed by atoms with Crippen LogP contribution in [0.3, 0.4) is 0 Å². The van der Waals surface area contributed by atoms with Crippen LogP contribution in [0.5, 0.6) is 0 Å². The number of rotatable bonds is 18. The van der Waals surface area contributed by atoms with Gasteiger partial charge in [-0.05, 0) is 133 Å². The fourth-order valence-corrected chi connectivity index (χ4v) is 4.31. The van der Waals surface area contributed by atoms with Crippen molar-refractivity contribution in [2.75, 3.05) is 55.8 Å². The quantitative estimate of drug-likeness (QED) is 0.0288. The van der Waals surface area contributed by atoms with Gasteiger partial charge in [0, 0.05) is 73.2 Å². The molecule has 0 aliphatic carbocycles. The minimum absolute atomic E-state index is 0. The lowest BCUT2D eigenvalue weighted by Gasteiger charge is -2.08. The van der Waals surface area contributed by atoms with Crippen LogP contribution < -0.4 is 22.1 Å². The predicted octanol–water partition coefficient (Wildman–Crippen LogP) is 7.62. The molecule has 0 bridgehead atoms. The normalized spacial score (nSPS) is 9.62. The van der Waals surface area contributed by atoms with Gasteiger partial charge in [0.1, 0.15) is 5.82 Å². The second-order valence-corrected chi connectivity index (χ2v) is 11.5. The lowest BCUT2D eigenvalue weighted by atomic mass is 10.1. The van der Waals surface area contributed by atoms with Gasteiger partial charge in [0.15, 0.2) is 0 Å². The number of nitrogens with zero attached hydrogens (tertiary/aromatic N) is 2. The summed E-state index contributed by atoms with van der Waals surface area (Å²) in [6.07, 6.45) is 8.83. The first kappa shape index (κ1) is 52.6. The maximum atomic E-state index is 12.4. The topological polar surface area (TPSA) is 223 Å². The molecule has 0 heterocycles. The van der Waals surface area contributed by atoms with E-state index >= 15 is 0 Å². The van der Waals surface area contributed by atoms with E-state index in [2.05, 4.69) is 16.7 Å². The van der Waals surface area contributed by atoms with Gasteiger partial charge in [-0.3, -0.25) is 20.2 Å². The van der Waals surface area contributed by atoms with Gasteiger partial charge < -0.3 is 37.4 Å². The molecule has 3 aromatic rings. The first-order valence-electron chi connectivity index (χ1n) is 16.9. The van der Waals surface area contributed by atoms with E-state index in [1.807, 2.05) is 19.1 Å². The summed E-state index contributed by atoms with van der Waals surface area (Å²) in [6.45, 7) is 8.58. The molecular formula is C36H59Cl2FN6O7. The molecule has 0 saturated heterocycles. The fraction of sp³-hybridized carbons (Fsp3) is 0.500. The van der Waals surface area contributed by atoms with Crippen molar-refractivity contribution in [3.8, 4) is 0 Å². The molecule has 296 valence electrons. The number of nitro groups is 2. The molecule has 13 nitrogen and oxygen atoms in total. The molecule has 3 aromatic carbocycles. The Hall–Kier alpha value is -3.79. The van der Waals surface area contributed by atoms with Crippen LogP contribution in [-0.2, 0) is 0 Å². The zero-order chi connectivity index (χ0) is 37.7. The monoisotopic (exact) mass is 776 g/mol. The smallest absolute Gasteiger partial charge is 0.272 e. The average molecular weight is 778 g/mol. The van der Waals surface area contributed by atoms with E-state index in [0.29, 0.717) is 24.3 Å². The number of nitro benzene ring substituents is 2. The largest absolute Gasteiger partial charge is 0.399 e. The molecule has 52 heavy (non-hydrogen) atoms. The van der Waals surface area contributed by atoms with Gasteiger partial charge >= 0.3 is 0 Å². The number of halogens is 3. The van der Waals surface area contributed by atoms with Crippen molar-refractivity contribution in [1.29, 1.82) is 0 Å². The van der Waals surface area contributed by atoms with Gasteiger partial charge in [-0.2, -0.15) is 0 Å². The first-order chi connectivity index (χ1) is 23.9. The lowest BCUT2D eigenvalue weighted by Crippen LogP contribution is -2.02. The Bertz CT molecular complexity index is 1390. The van der Waals surface area contributed by atoms with Crippen LogP contribution in [0.1, 0.15) is 74.5 Å². The summed E-state index contributed by atoms with van der Waals surface area (Å²) in [7, 11) is 0. The number of hydrogen-bond acceptors (Lipinski definition) is 11. The Morgan fingerprint density at radius 1 is 0.615 bits per heavy atom. The minimum atomic E-state index is -0.533. The second kappa shape index (κ2) is 33.1. The molecule has 9 N–H and O–H groups in total. The van der Waals surface area contributed by atoms with E-state index in [4.69, 9.17) is 26.8 Å². The van der Waals surface area contributed by atoms with Crippen LogP contribution in [-0.4, -0.2) is 64.6 Å². The zero-order valence-electron chi connectivity index (χ0n) is 30.5. The highest BCUT2D eigenvalue weighted by Crippen LogP contribution is 2.22. The number of unbranched alkanes of at least 4 members (excludes halogenated alkanes) is 6. The standard InChI is InChI=1S/C12H18N2O3.C12H20N2O.C7H6FNO2.C5H13NO.2ClH/c1-10-9-11(5-6-12(10)14(16)17)13-7-3-2-4-8-15;1-10-9-11(5-6-12(10)13)14-7-3-2-4-8-15;1-5-4-6(8)2-3-7(5)9(10)11;6-4-2-1-3-5-7;;/h5-6,9,13,15H,2-4,7-8H2,1H3;5-6,9,14-15H,2-4,7-8,13H2,1H3;2-4H,1H3;7H,1-6H2;2*1H. The van der Waals surface area contributed by atoms with E-state index in [1.54, 1.807) is 19.1 Å². The third kappa shape index (κ3) is 25.2. The maximum Gasteiger partial charge on any atom is 0.272 e. The number of anilines is 3. The van der Waals surface area contributed by atoms with E-state index in [0.717, 1.165) is 118 Å². The summed E-state index contributed by atoms with van der Waals surface area (Å²) >= 11 is 0. The molecule has 0 unspecified atom stereocenters. The van der Waals surface area contributed by atoms with Crippen molar-refractivity contribution in [3.63, 3.8) is 0 Å². The summed E-state index contributed by atoms with van der Waals surface area (Å²) < 4.78 is 12.4. The average Bonchev–Trinajstić information content (AvgIpc) is 3.07. The Morgan fingerprint density at radius 3 is 1.40 bits per heavy atom. The third-order valence-corrected chi connectivity index (χ3v) is 7.21. The van der Waals surface area contributed by atoms with Crippen molar-refractivity contribution in [1.82, 2.24) is 0 Å². The Labute approximate surface area is 319 Å². The number of benzene rings is 3. The summed E-state index contributed by atoms with van der Waals surface area (Å²) in [6, 6.07) is 14.4. The van der Waals surface area contributed by atoms with Crippen LogP contribution in [0.25, 0.3) is 0 Å². The highest BCUT2D eigenvalue weighted by atomic mass is 35.5. The van der Waals surface area contributed by atoms with Gasteiger partial charge in [-0.15, -0.1) is 24.8 Å². The van der Waals surface area contributed by atoms with Crippen LogP contribution in [0, 0.1) is 46.8 Å². The number of aliphatic hydroxyl groups excluding tert-OH is 3. The number of hydrogen-bond donors (Lipinski definition) is 7. The number of aliphatic hydroxyl groups is 3. The van der Waals surface area contributed by atoms with Gasteiger partial charge in [-0.25, -0.2) is 4.39 Å². The fourth-order valence-electron chi connectivity index (χ4n) is 4.31. The van der Waals surface area contributed by atoms with E-state index < -0.39 is 10.7 Å². The molecule has 0 saturated carbocycles. The SMILES string of the molecule is Cc1cc(F)ccc1[N+](=O)[O-].Cc1cc(NCCCCCO)ccc1N.Cc1cc(NCCCCCO)ccc1[N+](=O)[O-].Cl.Cl.NCCCCCO. The van der Waals surface area contributed by atoms with Crippen LogP contribution >= 0.6 is 24.8 Å². The molecule has 3 rings (SSSR count). The summed E-state index contributed by atoms with van der Waals surface area (Å²) in [4.78, 5) is 19.9. The van der Waals surface area contributed by atoms with E-state index in [9.17, 15) is 24.6 Å². The molecule has 0 aliphatic heterocycles. The third-order valence-electron chi connectivity index (χ3n) is 7.21. The summed E-state index contributed by atoms with van der Waals surface area (Å²) in [5, 5.41) is 52.9. The lowest BCUT2D eigenvalue weighted by molar-refractivity contribution is -0.385. The molecular weight excluding hydrogens is 718 g/mol. The van der Waals surface area contributed by atoms with Gasteiger partial charge in [-0.1, -0.05) is 0 Å². The maximum absolute atomic E-state index is 12.4. The van der Waals surface area contributed by atoms with Crippen molar-refractivity contribution in [3.05, 3.63) is 97.3 Å². The summed E-state index contributed by atoms with van der Waals surface area (Å²) in [5.74, 6) is -0.451. The highest BCUT2D eigenvalue weighted by molar-refractivity contribution is 5.85. The number of nitrogens with one attached hydrogen (secondary N) is 2. The number of nitrogens with two attached hydrogens (primary N) is 2. The van der Waals surface area contributed by atoms with Crippen molar-refractivity contribution >= 4 is 53.3 Å². The zero-order valence-corrected chi connectivity index (χ0v) is 32.2. The predicted molar refractivity (Wildman–Crippen MR) is 215 cm³/mol. The number of nitrogen functional groups attached to an aromatic ring is 1. The molecule has 16 heteroatoms. The molecule has 0 aliphatic rings.